The van der Waals surface area contributed by atoms with E-state index in [0.29, 0.717) is 0 Å². The summed E-state index contributed by atoms with van der Waals surface area (Å²) in [7, 11) is 0. The van der Waals surface area contributed by atoms with Gasteiger partial charge in [-0.2, -0.15) is 0 Å². The zero-order chi connectivity index (χ0) is 18.9. The third kappa shape index (κ3) is 4.00. The van der Waals surface area contributed by atoms with Crippen LogP contribution in [0.5, 0.6) is 0 Å². The summed E-state index contributed by atoms with van der Waals surface area (Å²) in [5.41, 5.74) is 8.43. The minimum Gasteiger partial charge on any atom is -0.344 e. The summed E-state index contributed by atoms with van der Waals surface area (Å²) in [6.07, 6.45) is 5.24. The molecule has 1 aromatic carbocycles. The molecule has 0 radical (unpaired) electrons. The molecule has 0 aliphatic rings. The van der Waals surface area contributed by atoms with Gasteiger partial charge in [0.15, 0.2) is 0 Å². The van der Waals surface area contributed by atoms with Crippen molar-refractivity contribution >= 4 is 10.9 Å². The maximum Gasteiger partial charge on any atom is 0.0485 e. The molecular formula is C24H32N2. The molecule has 0 saturated carbocycles. The van der Waals surface area contributed by atoms with Crippen LogP contribution in [0, 0.1) is 19.3 Å². The lowest BCUT2D eigenvalue weighted by Gasteiger charge is -2.21. The summed E-state index contributed by atoms with van der Waals surface area (Å²) in [5, 5.41) is 1.44. The molecule has 138 valence electrons. The summed E-state index contributed by atoms with van der Waals surface area (Å²) in [6, 6.07) is 11.2. The molecule has 0 aliphatic carbocycles. The van der Waals surface area contributed by atoms with Crippen molar-refractivity contribution in [1.82, 2.24) is 9.55 Å². The van der Waals surface area contributed by atoms with E-state index < -0.39 is 0 Å². The number of nitrogens with zero attached hydrogens (tertiary/aromatic N) is 2. The van der Waals surface area contributed by atoms with Gasteiger partial charge in [-0.25, -0.2) is 0 Å². The van der Waals surface area contributed by atoms with E-state index in [0.717, 1.165) is 31.5 Å². The van der Waals surface area contributed by atoms with Crippen molar-refractivity contribution in [3.63, 3.8) is 0 Å². The Bertz CT molecular complexity index is 893. The van der Waals surface area contributed by atoms with Gasteiger partial charge in [0, 0.05) is 35.0 Å². The van der Waals surface area contributed by atoms with E-state index in [1.807, 2.05) is 13.1 Å². The fourth-order valence-corrected chi connectivity index (χ4v) is 3.83. The molecule has 2 aromatic heterocycles. The Kier molecular flexibility index (Phi) is 5.22. The molecule has 26 heavy (non-hydrogen) atoms. The van der Waals surface area contributed by atoms with Crippen LogP contribution in [-0.2, 0) is 25.8 Å². The highest BCUT2D eigenvalue weighted by Crippen LogP contribution is 2.32. The average Bonchev–Trinajstić information content (AvgIpc) is 2.84. The number of hydrogen-bond acceptors (Lipinski definition) is 1. The Morgan fingerprint density at radius 3 is 2.42 bits per heavy atom. The number of aromatic nitrogens is 2. The lowest BCUT2D eigenvalue weighted by Crippen LogP contribution is -2.15. The van der Waals surface area contributed by atoms with Crippen molar-refractivity contribution < 1.29 is 0 Å². The van der Waals surface area contributed by atoms with E-state index in [9.17, 15) is 0 Å². The standard InChI is InChI=1S/C24H32N2/c1-7-20-21-14-17(2)8-11-22(21)26(23(20)15-24(4,5)6)13-12-19-10-9-18(3)25-16-19/h8-11,14,16H,7,12-13,15H2,1-6H3. The molecular weight excluding hydrogens is 316 g/mol. The second-order valence-corrected chi connectivity index (χ2v) is 8.75. The second kappa shape index (κ2) is 7.26. The lowest BCUT2D eigenvalue weighted by atomic mass is 9.88. The number of pyridine rings is 1. The largest absolute Gasteiger partial charge is 0.344 e. The summed E-state index contributed by atoms with van der Waals surface area (Å²) >= 11 is 0. The Morgan fingerprint density at radius 1 is 1.04 bits per heavy atom. The summed E-state index contributed by atoms with van der Waals surface area (Å²) < 4.78 is 2.57. The molecule has 2 heteroatoms. The van der Waals surface area contributed by atoms with Gasteiger partial charge in [0.2, 0.25) is 0 Å². The fraction of sp³-hybridized carbons (Fsp3) is 0.458. The molecule has 0 amide bonds. The van der Waals surface area contributed by atoms with Crippen molar-refractivity contribution in [2.24, 2.45) is 5.41 Å². The van der Waals surface area contributed by atoms with E-state index in [4.69, 9.17) is 0 Å². The van der Waals surface area contributed by atoms with Crippen molar-refractivity contribution in [2.75, 3.05) is 0 Å². The minimum atomic E-state index is 0.274. The predicted octanol–water partition coefficient (Wildman–Crippen LogP) is 6.05. The van der Waals surface area contributed by atoms with Crippen molar-refractivity contribution in [3.05, 3.63) is 64.6 Å². The first-order valence-corrected chi connectivity index (χ1v) is 9.80. The third-order valence-corrected chi connectivity index (χ3v) is 5.09. The third-order valence-electron chi connectivity index (χ3n) is 5.09. The maximum absolute atomic E-state index is 4.46. The van der Waals surface area contributed by atoms with Gasteiger partial charge in [0.1, 0.15) is 0 Å². The predicted molar refractivity (Wildman–Crippen MR) is 112 cm³/mol. The highest BCUT2D eigenvalue weighted by atomic mass is 15.0. The maximum atomic E-state index is 4.46. The number of rotatable bonds is 5. The molecule has 2 heterocycles. The van der Waals surface area contributed by atoms with Crippen LogP contribution in [0.1, 0.15) is 55.8 Å². The van der Waals surface area contributed by atoms with Gasteiger partial charge in [-0.1, -0.05) is 45.4 Å². The van der Waals surface area contributed by atoms with Crippen molar-refractivity contribution in [3.8, 4) is 0 Å². The summed E-state index contributed by atoms with van der Waals surface area (Å²) in [6.45, 7) is 14.5. The van der Waals surface area contributed by atoms with Gasteiger partial charge in [-0.3, -0.25) is 4.98 Å². The van der Waals surface area contributed by atoms with E-state index in [1.54, 1.807) is 0 Å². The van der Waals surface area contributed by atoms with E-state index in [1.165, 1.54) is 33.3 Å². The van der Waals surface area contributed by atoms with Crippen LogP contribution < -0.4 is 0 Å². The van der Waals surface area contributed by atoms with Crippen LogP contribution in [0.2, 0.25) is 0 Å². The van der Waals surface area contributed by atoms with Crippen LogP contribution in [0.3, 0.4) is 0 Å². The fourth-order valence-electron chi connectivity index (χ4n) is 3.83. The Morgan fingerprint density at radius 2 is 1.81 bits per heavy atom. The quantitative estimate of drug-likeness (QED) is 0.549. The molecule has 0 bridgehead atoms. The summed E-state index contributed by atoms with van der Waals surface area (Å²) in [4.78, 5) is 4.46. The van der Waals surface area contributed by atoms with E-state index in [-0.39, 0.29) is 5.41 Å². The molecule has 0 atom stereocenters. The second-order valence-electron chi connectivity index (χ2n) is 8.75. The van der Waals surface area contributed by atoms with Crippen LogP contribution in [0.4, 0.5) is 0 Å². The molecule has 0 aliphatic heterocycles. The zero-order valence-corrected chi connectivity index (χ0v) is 17.2. The number of benzene rings is 1. The van der Waals surface area contributed by atoms with Crippen LogP contribution in [0.15, 0.2) is 36.5 Å². The smallest absolute Gasteiger partial charge is 0.0485 e. The Labute approximate surface area is 158 Å². The molecule has 0 saturated heterocycles. The molecule has 0 spiro atoms. The van der Waals surface area contributed by atoms with Gasteiger partial charge in [-0.05, 0) is 67.9 Å². The zero-order valence-electron chi connectivity index (χ0n) is 17.2. The Hall–Kier alpha value is -2.09. The lowest BCUT2D eigenvalue weighted by molar-refractivity contribution is 0.397. The SMILES string of the molecule is CCc1c(CC(C)(C)C)n(CCc2ccc(C)nc2)c2ccc(C)cc12. The molecule has 2 nitrogen and oxygen atoms in total. The molecule has 3 aromatic rings. The topological polar surface area (TPSA) is 17.8 Å². The first kappa shape index (κ1) is 18.7. The van der Waals surface area contributed by atoms with Crippen LogP contribution in [-0.4, -0.2) is 9.55 Å². The minimum absolute atomic E-state index is 0.274. The van der Waals surface area contributed by atoms with E-state index in [2.05, 4.69) is 74.5 Å². The summed E-state index contributed by atoms with van der Waals surface area (Å²) in [5.74, 6) is 0. The first-order chi connectivity index (χ1) is 12.3. The van der Waals surface area contributed by atoms with E-state index >= 15 is 0 Å². The van der Waals surface area contributed by atoms with Gasteiger partial charge < -0.3 is 4.57 Å². The monoisotopic (exact) mass is 348 g/mol. The van der Waals surface area contributed by atoms with Crippen LogP contribution >= 0.6 is 0 Å². The molecule has 0 fully saturated rings. The number of fused-ring (bicyclic) bond motifs is 1. The highest BCUT2D eigenvalue weighted by molar-refractivity contribution is 5.86. The van der Waals surface area contributed by atoms with Crippen molar-refractivity contribution in [2.45, 2.75) is 67.3 Å². The first-order valence-electron chi connectivity index (χ1n) is 9.80. The average molecular weight is 349 g/mol. The van der Waals surface area contributed by atoms with Crippen LogP contribution in [0.25, 0.3) is 10.9 Å². The normalized spacial score (nSPS) is 12.1. The van der Waals surface area contributed by atoms with Crippen molar-refractivity contribution in [1.29, 1.82) is 0 Å². The molecule has 3 rings (SSSR count). The molecule has 0 N–H and O–H groups in total. The van der Waals surface area contributed by atoms with Gasteiger partial charge in [0.25, 0.3) is 0 Å². The van der Waals surface area contributed by atoms with Gasteiger partial charge >= 0.3 is 0 Å². The number of hydrogen-bond donors (Lipinski definition) is 0. The highest BCUT2D eigenvalue weighted by Gasteiger charge is 2.21. The van der Waals surface area contributed by atoms with Gasteiger partial charge in [-0.15, -0.1) is 0 Å². The number of aryl methyl sites for hydroxylation is 5. The van der Waals surface area contributed by atoms with Gasteiger partial charge in [0.05, 0.1) is 0 Å². The Balaban J connectivity index is 2.05. The molecule has 0 unspecified atom stereocenters.